The van der Waals surface area contributed by atoms with E-state index in [-0.39, 0.29) is 5.41 Å². The van der Waals surface area contributed by atoms with E-state index in [2.05, 4.69) is 74.6 Å². The lowest BCUT2D eigenvalue weighted by Crippen LogP contribution is -2.37. The molecule has 0 aliphatic carbocycles. The Kier molecular flexibility index (Phi) is 10.2. The molecule has 130 valence electrons. The number of hydrogen-bond acceptors (Lipinski definition) is 1. The van der Waals surface area contributed by atoms with Crippen molar-refractivity contribution >= 4 is 18.5 Å². The van der Waals surface area contributed by atoms with Crippen LogP contribution in [0.2, 0.25) is 11.6 Å². The molecule has 0 nitrogen and oxygen atoms in total. The highest BCUT2D eigenvalue weighted by molar-refractivity contribution is 8.02. The van der Waals surface area contributed by atoms with Crippen LogP contribution in [-0.2, 0) is 0 Å². The predicted octanol–water partition coefficient (Wildman–Crippen LogP) is 7.58. The molecule has 0 saturated heterocycles. The summed E-state index contributed by atoms with van der Waals surface area (Å²) in [6, 6.07) is 0. The lowest BCUT2D eigenvalue weighted by Gasteiger charge is -2.39. The van der Waals surface area contributed by atoms with Gasteiger partial charge in [-0.3, -0.25) is 0 Å². The van der Waals surface area contributed by atoms with Crippen LogP contribution in [0, 0.1) is 17.3 Å². The molecule has 2 atom stereocenters. The van der Waals surface area contributed by atoms with Crippen LogP contribution in [0.5, 0.6) is 0 Å². The van der Waals surface area contributed by atoms with Crippen LogP contribution in [0.3, 0.4) is 0 Å². The Bertz CT molecular complexity index is 311. The molecule has 0 aromatic heterocycles. The summed E-state index contributed by atoms with van der Waals surface area (Å²) < 4.78 is 0. The summed E-state index contributed by atoms with van der Waals surface area (Å²) in [6.45, 7) is 24.6. The van der Waals surface area contributed by atoms with Crippen LogP contribution in [0.1, 0.15) is 82.1 Å². The molecule has 2 heteroatoms. The van der Waals surface area contributed by atoms with Crippen molar-refractivity contribution in [1.82, 2.24) is 0 Å². The number of hydrogen-bond donors (Lipinski definition) is 0. The summed E-state index contributed by atoms with van der Waals surface area (Å²) in [4.78, 5) is 0. The first-order valence-electron chi connectivity index (χ1n) is 9.36. The molecule has 22 heavy (non-hydrogen) atoms. The van der Waals surface area contributed by atoms with Crippen molar-refractivity contribution in [2.24, 2.45) is 17.3 Å². The number of unbranched alkanes of at least 4 members (excludes halogenated alkanes) is 1. The molecule has 0 bridgehead atoms. The SMILES string of the molecule is CCCCS/C=C(/B(C(C)C(C)C)C(C)C(C)C)C(C)(C)C. The van der Waals surface area contributed by atoms with Crippen molar-refractivity contribution in [3.05, 3.63) is 10.9 Å². The normalized spacial score (nSPS) is 16.3. The first kappa shape index (κ1) is 22.2. The zero-order valence-electron chi connectivity index (χ0n) is 17.0. The Hall–Kier alpha value is 0.155. The van der Waals surface area contributed by atoms with Crippen molar-refractivity contribution < 1.29 is 0 Å². The molecule has 0 spiro atoms. The Morgan fingerprint density at radius 2 is 1.41 bits per heavy atom. The maximum atomic E-state index is 2.53. The van der Waals surface area contributed by atoms with E-state index >= 15 is 0 Å². The molecule has 2 unspecified atom stereocenters. The molecular weight excluding hydrogens is 283 g/mol. The predicted molar refractivity (Wildman–Crippen MR) is 109 cm³/mol. The lowest BCUT2D eigenvalue weighted by atomic mass is 9.26. The minimum Gasteiger partial charge on any atom is -0.135 e. The Morgan fingerprint density at radius 3 is 1.73 bits per heavy atom. The zero-order chi connectivity index (χ0) is 17.5. The van der Waals surface area contributed by atoms with E-state index in [1.54, 1.807) is 5.47 Å². The second-order valence-corrected chi connectivity index (χ2v) is 9.76. The van der Waals surface area contributed by atoms with Gasteiger partial charge in [-0.25, -0.2) is 0 Å². The van der Waals surface area contributed by atoms with Crippen LogP contribution in [-0.4, -0.2) is 12.5 Å². The standard InChI is InChI=1S/C20H41BS/c1-11-12-13-22-14-19(20(8,9)10)21(17(6)15(2)3)18(7)16(4)5/h14-18H,11-13H2,1-10H3/b19-14+. The molecule has 0 amide bonds. The topological polar surface area (TPSA) is 0 Å². The highest BCUT2D eigenvalue weighted by Gasteiger charge is 2.38. The third-order valence-electron chi connectivity index (χ3n) is 5.29. The maximum absolute atomic E-state index is 2.53. The monoisotopic (exact) mass is 324 g/mol. The summed E-state index contributed by atoms with van der Waals surface area (Å²) in [5, 5.41) is 2.53. The maximum Gasteiger partial charge on any atom is 0.178 e. The van der Waals surface area contributed by atoms with Gasteiger partial charge >= 0.3 is 0 Å². The number of rotatable bonds is 9. The molecule has 0 rings (SSSR count). The van der Waals surface area contributed by atoms with Crippen molar-refractivity contribution in [1.29, 1.82) is 0 Å². The minimum atomic E-state index is 0.260. The first-order valence-corrected chi connectivity index (χ1v) is 10.4. The van der Waals surface area contributed by atoms with Gasteiger partial charge in [0.25, 0.3) is 0 Å². The highest BCUT2D eigenvalue weighted by atomic mass is 32.2. The van der Waals surface area contributed by atoms with E-state index in [0.29, 0.717) is 6.71 Å². The zero-order valence-corrected chi connectivity index (χ0v) is 17.8. The number of allylic oxidation sites excluding steroid dienone is 1. The van der Waals surface area contributed by atoms with Crippen LogP contribution in [0.4, 0.5) is 0 Å². The van der Waals surface area contributed by atoms with E-state index in [0.717, 1.165) is 23.5 Å². The highest BCUT2D eigenvalue weighted by Crippen LogP contribution is 2.43. The largest absolute Gasteiger partial charge is 0.178 e. The smallest absolute Gasteiger partial charge is 0.135 e. The van der Waals surface area contributed by atoms with Gasteiger partial charge in [0.05, 0.1) is 0 Å². The van der Waals surface area contributed by atoms with E-state index < -0.39 is 0 Å². The first-order chi connectivity index (χ1) is 10.0. The third kappa shape index (κ3) is 7.15. The molecule has 0 fully saturated rings. The molecule has 0 aromatic rings. The molecular formula is C20H41BS. The third-order valence-corrected chi connectivity index (χ3v) is 6.23. The van der Waals surface area contributed by atoms with Gasteiger partial charge in [-0.05, 0) is 23.0 Å². The van der Waals surface area contributed by atoms with E-state index in [9.17, 15) is 0 Å². The fourth-order valence-corrected chi connectivity index (χ4v) is 4.27. The Morgan fingerprint density at radius 1 is 0.955 bits per heavy atom. The van der Waals surface area contributed by atoms with Crippen molar-refractivity contribution in [2.75, 3.05) is 5.75 Å². The Labute approximate surface area is 146 Å². The summed E-state index contributed by atoms with van der Waals surface area (Å²) >= 11 is 2.04. The van der Waals surface area contributed by atoms with Gasteiger partial charge in [0.1, 0.15) is 0 Å². The molecule has 0 N–H and O–H groups in total. The van der Waals surface area contributed by atoms with E-state index in [4.69, 9.17) is 0 Å². The van der Waals surface area contributed by atoms with Gasteiger partial charge in [-0.15, -0.1) is 11.8 Å². The fourth-order valence-electron chi connectivity index (χ4n) is 3.01. The molecule has 0 radical (unpaired) electrons. The average Bonchev–Trinajstić information content (AvgIpc) is 2.39. The average molecular weight is 324 g/mol. The summed E-state index contributed by atoms with van der Waals surface area (Å²) in [5.74, 6) is 4.19. The Balaban J connectivity index is 5.54. The second-order valence-electron chi connectivity index (χ2n) is 8.78. The molecule has 0 heterocycles. The van der Waals surface area contributed by atoms with Gasteiger partial charge in [0, 0.05) is 0 Å². The fraction of sp³-hybridized carbons (Fsp3) is 0.900. The van der Waals surface area contributed by atoms with Gasteiger partial charge in [-0.1, -0.05) is 105 Å². The molecule has 0 aliphatic rings. The summed E-state index contributed by atoms with van der Waals surface area (Å²) in [7, 11) is 0. The van der Waals surface area contributed by atoms with Crippen LogP contribution in [0.15, 0.2) is 10.9 Å². The summed E-state index contributed by atoms with van der Waals surface area (Å²) in [5.41, 5.74) is 1.94. The van der Waals surface area contributed by atoms with Crippen LogP contribution < -0.4 is 0 Å². The van der Waals surface area contributed by atoms with Crippen molar-refractivity contribution in [3.63, 3.8) is 0 Å². The second kappa shape index (κ2) is 10.1. The lowest BCUT2D eigenvalue weighted by molar-refractivity contribution is 0.505. The van der Waals surface area contributed by atoms with Gasteiger partial charge in [-0.2, -0.15) is 0 Å². The molecule has 0 aliphatic heterocycles. The van der Waals surface area contributed by atoms with E-state index in [1.807, 2.05) is 11.8 Å². The quantitative estimate of drug-likeness (QED) is 0.311. The van der Waals surface area contributed by atoms with Gasteiger partial charge in [0.15, 0.2) is 6.71 Å². The minimum absolute atomic E-state index is 0.260. The van der Waals surface area contributed by atoms with Crippen LogP contribution >= 0.6 is 11.8 Å². The van der Waals surface area contributed by atoms with E-state index in [1.165, 1.54) is 18.6 Å². The van der Waals surface area contributed by atoms with Crippen LogP contribution in [0.25, 0.3) is 0 Å². The van der Waals surface area contributed by atoms with Crippen molar-refractivity contribution in [2.45, 2.75) is 93.7 Å². The molecule has 0 aromatic carbocycles. The van der Waals surface area contributed by atoms with Crippen molar-refractivity contribution in [3.8, 4) is 0 Å². The van der Waals surface area contributed by atoms with Gasteiger partial charge < -0.3 is 0 Å². The molecule has 0 saturated carbocycles. The summed E-state index contributed by atoms with van der Waals surface area (Å²) in [6.07, 6.45) is 2.61. The number of thioether (sulfide) groups is 1. The van der Waals surface area contributed by atoms with Gasteiger partial charge in [0.2, 0.25) is 0 Å².